The Labute approximate surface area is 99.6 Å². The Bertz CT molecular complexity index is 163. The monoisotopic (exact) mass is 236 g/mol. The van der Waals surface area contributed by atoms with Gasteiger partial charge in [0, 0.05) is 6.54 Å². The van der Waals surface area contributed by atoms with Crippen molar-refractivity contribution < 1.29 is 4.79 Å². The van der Waals surface area contributed by atoms with E-state index in [2.05, 4.69) is 26.1 Å². The lowest BCUT2D eigenvalue weighted by atomic mass is 10.0. The molecule has 0 aliphatic heterocycles. The zero-order chi connectivity index (χ0) is 11.0. The molecule has 0 aromatic heterocycles. The number of hydrogen-bond acceptors (Lipinski definition) is 2. The molecule has 1 amide bonds. The Hall–Kier alpha value is -0.280. The second-order valence-corrected chi connectivity index (χ2v) is 4.23. The molecule has 0 saturated heterocycles. The average Bonchev–Trinajstić information content (AvgIpc) is 2.11. The van der Waals surface area contributed by atoms with Gasteiger partial charge in [0.25, 0.3) is 0 Å². The number of nitrogens with two attached hydrogens (primary N) is 1. The lowest BCUT2D eigenvalue weighted by molar-refractivity contribution is -0.122. The van der Waals surface area contributed by atoms with Crippen molar-refractivity contribution in [2.45, 2.75) is 52.5 Å². The van der Waals surface area contributed by atoms with Gasteiger partial charge in [-0.15, -0.1) is 12.4 Å². The number of hydrogen-bond donors (Lipinski definition) is 2. The molecular formula is C11H25ClN2O. The third kappa shape index (κ3) is 10.0. The minimum absolute atomic E-state index is 0. The Morgan fingerprint density at radius 2 is 1.93 bits per heavy atom. The van der Waals surface area contributed by atoms with E-state index in [-0.39, 0.29) is 24.4 Å². The van der Waals surface area contributed by atoms with Gasteiger partial charge >= 0.3 is 0 Å². The number of halogens is 1. The SMILES string of the molecule is CCCCCNC(=O)[C@@H](N)CC(C)C.Cl. The first-order chi connectivity index (χ1) is 6.57. The van der Waals surface area contributed by atoms with Gasteiger partial charge in [-0.05, 0) is 18.8 Å². The fourth-order valence-electron chi connectivity index (χ4n) is 1.33. The van der Waals surface area contributed by atoms with E-state index in [1.807, 2.05) is 0 Å². The number of carbonyl (C=O) groups excluding carboxylic acids is 1. The summed E-state index contributed by atoms with van der Waals surface area (Å²) in [5.74, 6) is 0.473. The average molecular weight is 237 g/mol. The standard InChI is InChI=1S/C11H24N2O.ClH/c1-4-5-6-7-13-11(14)10(12)8-9(2)3;/h9-10H,4-8,12H2,1-3H3,(H,13,14);1H/t10-;/m0./s1. The Balaban J connectivity index is 0. The van der Waals surface area contributed by atoms with E-state index in [4.69, 9.17) is 5.73 Å². The third-order valence-corrected chi connectivity index (χ3v) is 2.14. The van der Waals surface area contributed by atoms with Gasteiger partial charge in [-0.1, -0.05) is 33.6 Å². The van der Waals surface area contributed by atoms with Gasteiger partial charge in [0.1, 0.15) is 0 Å². The molecule has 0 aromatic rings. The Morgan fingerprint density at radius 1 is 1.33 bits per heavy atom. The first-order valence-electron chi connectivity index (χ1n) is 5.61. The largest absolute Gasteiger partial charge is 0.355 e. The summed E-state index contributed by atoms with van der Waals surface area (Å²) in [7, 11) is 0. The van der Waals surface area contributed by atoms with E-state index in [0.717, 1.165) is 19.4 Å². The molecule has 3 nitrogen and oxygen atoms in total. The molecule has 0 unspecified atom stereocenters. The maximum Gasteiger partial charge on any atom is 0.236 e. The summed E-state index contributed by atoms with van der Waals surface area (Å²) in [6.45, 7) is 7.05. The molecule has 0 aromatic carbocycles. The van der Waals surface area contributed by atoms with Crippen LogP contribution in [0.3, 0.4) is 0 Å². The number of nitrogens with one attached hydrogen (secondary N) is 1. The molecule has 15 heavy (non-hydrogen) atoms. The number of unbranched alkanes of at least 4 members (excludes halogenated alkanes) is 2. The van der Waals surface area contributed by atoms with Crippen LogP contribution in [0.15, 0.2) is 0 Å². The normalized spacial score (nSPS) is 12.1. The summed E-state index contributed by atoms with van der Waals surface area (Å²) in [5.41, 5.74) is 5.72. The third-order valence-electron chi connectivity index (χ3n) is 2.14. The fourth-order valence-corrected chi connectivity index (χ4v) is 1.33. The summed E-state index contributed by atoms with van der Waals surface area (Å²) in [4.78, 5) is 11.4. The molecule has 4 heteroatoms. The molecular weight excluding hydrogens is 212 g/mol. The molecule has 1 atom stereocenters. The van der Waals surface area contributed by atoms with Crippen molar-refractivity contribution in [3.63, 3.8) is 0 Å². The molecule has 0 bridgehead atoms. The van der Waals surface area contributed by atoms with Gasteiger partial charge in [-0.3, -0.25) is 4.79 Å². The van der Waals surface area contributed by atoms with Crippen LogP contribution in [0.4, 0.5) is 0 Å². The predicted molar refractivity (Wildman–Crippen MR) is 67.2 cm³/mol. The van der Waals surface area contributed by atoms with Crippen LogP contribution in [0.2, 0.25) is 0 Å². The van der Waals surface area contributed by atoms with Crippen LogP contribution in [-0.4, -0.2) is 18.5 Å². The molecule has 0 heterocycles. The summed E-state index contributed by atoms with van der Waals surface area (Å²) in [5, 5.41) is 2.86. The lowest BCUT2D eigenvalue weighted by Crippen LogP contribution is -2.41. The van der Waals surface area contributed by atoms with Crippen LogP contribution in [0.25, 0.3) is 0 Å². The van der Waals surface area contributed by atoms with E-state index >= 15 is 0 Å². The van der Waals surface area contributed by atoms with Crippen molar-refractivity contribution in [2.24, 2.45) is 11.7 Å². The highest BCUT2D eigenvalue weighted by molar-refractivity contribution is 5.85. The van der Waals surface area contributed by atoms with E-state index in [0.29, 0.717) is 5.92 Å². The Kier molecular flexibility index (Phi) is 11.7. The van der Waals surface area contributed by atoms with E-state index < -0.39 is 0 Å². The molecule has 92 valence electrons. The lowest BCUT2D eigenvalue weighted by Gasteiger charge is -2.13. The molecule has 0 saturated carbocycles. The number of amides is 1. The minimum atomic E-state index is -0.336. The number of carbonyl (C=O) groups is 1. The van der Waals surface area contributed by atoms with Crippen molar-refractivity contribution in [1.29, 1.82) is 0 Å². The molecule has 0 fully saturated rings. The van der Waals surface area contributed by atoms with Crippen LogP contribution in [0.5, 0.6) is 0 Å². The van der Waals surface area contributed by atoms with Crippen molar-refractivity contribution in [3.05, 3.63) is 0 Å². The van der Waals surface area contributed by atoms with Gasteiger partial charge in [-0.25, -0.2) is 0 Å². The molecule has 0 aliphatic carbocycles. The summed E-state index contributed by atoms with van der Waals surface area (Å²) >= 11 is 0. The summed E-state index contributed by atoms with van der Waals surface area (Å²) in [6, 6.07) is -0.336. The molecule has 0 radical (unpaired) electrons. The molecule has 3 N–H and O–H groups in total. The van der Waals surface area contributed by atoms with Crippen molar-refractivity contribution in [2.75, 3.05) is 6.54 Å². The van der Waals surface area contributed by atoms with Crippen LogP contribution in [-0.2, 0) is 4.79 Å². The topological polar surface area (TPSA) is 55.1 Å². The molecule has 0 aliphatic rings. The molecule has 0 spiro atoms. The van der Waals surface area contributed by atoms with Crippen LogP contribution in [0.1, 0.15) is 46.5 Å². The molecule has 0 rings (SSSR count). The fraction of sp³-hybridized carbons (Fsp3) is 0.909. The van der Waals surface area contributed by atoms with Crippen LogP contribution in [0, 0.1) is 5.92 Å². The quantitative estimate of drug-likeness (QED) is 0.665. The van der Waals surface area contributed by atoms with Crippen LogP contribution >= 0.6 is 12.4 Å². The second-order valence-electron chi connectivity index (χ2n) is 4.23. The second kappa shape index (κ2) is 10.2. The highest BCUT2D eigenvalue weighted by Crippen LogP contribution is 2.02. The Morgan fingerprint density at radius 3 is 2.40 bits per heavy atom. The van der Waals surface area contributed by atoms with Gasteiger partial charge in [-0.2, -0.15) is 0 Å². The zero-order valence-electron chi connectivity index (χ0n) is 10.1. The highest BCUT2D eigenvalue weighted by Gasteiger charge is 2.13. The zero-order valence-corrected chi connectivity index (χ0v) is 10.9. The van der Waals surface area contributed by atoms with Crippen LogP contribution < -0.4 is 11.1 Å². The predicted octanol–water partition coefficient (Wildman–Crippen LogP) is 2.09. The van der Waals surface area contributed by atoms with E-state index in [1.54, 1.807) is 0 Å². The van der Waals surface area contributed by atoms with Crippen molar-refractivity contribution in [3.8, 4) is 0 Å². The van der Waals surface area contributed by atoms with E-state index in [1.165, 1.54) is 12.8 Å². The summed E-state index contributed by atoms with van der Waals surface area (Å²) in [6.07, 6.45) is 4.16. The highest BCUT2D eigenvalue weighted by atomic mass is 35.5. The minimum Gasteiger partial charge on any atom is -0.355 e. The summed E-state index contributed by atoms with van der Waals surface area (Å²) < 4.78 is 0. The smallest absolute Gasteiger partial charge is 0.236 e. The maximum absolute atomic E-state index is 11.4. The first kappa shape index (κ1) is 17.1. The number of rotatable bonds is 7. The van der Waals surface area contributed by atoms with Gasteiger partial charge < -0.3 is 11.1 Å². The van der Waals surface area contributed by atoms with Gasteiger partial charge in [0.2, 0.25) is 5.91 Å². The van der Waals surface area contributed by atoms with Gasteiger partial charge in [0.05, 0.1) is 6.04 Å². The maximum atomic E-state index is 11.4. The van der Waals surface area contributed by atoms with Gasteiger partial charge in [0.15, 0.2) is 0 Å². The van der Waals surface area contributed by atoms with Crippen molar-refractivity contribution >= 4 is 18.3 Å². The van der Waals surface area contributed by atoms with E-state index in [9.17, 15) is 4.79 Å². The van der Waals surface area contributed by atoms with Crippen molar-refractivity contribution in [1.82, 2.24) is 5.32 Å². The first-order valence-corrected chi connectivity index (χ1v) is 5.61.